The third-order valence-corrected chi connectivity index (χ3v) is 4.98. The minimum absolute atomic E-state index is 0.146. The summed E-state index contributed by atoms with van der Waals surface area (Å²) in [5, 5.41) is 49.6. The van der Waals surface area contributed by atoms with Crippen LogP contribution in [-0.2, 0) is 18.5 Å². The first-order valence-corrected chi connectivity index (χ1v) is 8.46. The van der Waals surface area contributed by atoms with Crippen molar-refractivity contribution in [2.24, 2.45) is 0 Å². The van der Waals surface area contributed by atoms with Crippen molar-refractivity contribution in [3.8, 4) is 0 Å². The predicted molar refractivity (Wildman–Crippen MR) is 80.6 cm³/mol. The molecule has 142 valence electrons. The van der Waals surface area contributed by atoms with E-state index in [9.17, 15) is 25.5 Å². The van der Waals surface area contributed by atoms with Gasteiger partial charge in [-0.1, -0.05) is 0 Å². The van der Waals surface area contributed by atoms with Crippen LogP contribution in [0.2, 0.25) is 0 Å². The van der Waals surface area contributed by atoms with E-state index in [1.165, 1.54) is 0 Å². The van der Waals surface area contributed by atoms with Gasteiger partial charge in [0.05, 0.1) is 30.2 Å². The molecular formula is C12H19Cl3O9. The molecule has 0 bridgehead atoms. The zero-order valence-corrected chi connectivity index (χ0v) is 14.5. The van der Waals surface area contributed by atoms with Gasteiger partial charge in [-0.2, -0.15) is 0 Å². The van der Waals surface area contributed by atoms with Crippen molar-refractivity contribution in [3.63, 3.8) is 0 Å². The van der Waals surface area contributed by atoms with Gasteiger partial charge in [0, 0.05) is 0 Å². The second kappa shape index (κ2) is 8.47. The first-order valence-electron chi connectivity index (χ1n) is 7.08. The van der Waals surface area contributed by atoms with Gasteiger partial charge < -0.3 is 39.7 Å². The fourth-order valence-corrected chi connectivity index (χ4v) is 3.50. The Morgan fingerprint density at radius 1 is 1.00 bits per heavy atom. The van der Waals surface area contributed by atoms with E-state index in [-0.39, 0.29) is 5.88 Å². The van der Waals surface area contributed by atoms with E-state index in [1.54, 1.807) is 0 Å². The molecule has 2 fully saturated rings. The van der Waals surface area contributed by atoms with Crippen LogP contribution in [0.3, 0.4) is 0 Å². The first kappa shape index (κ1) is 20.8. The molecule has 2 heterocycles. The lowest BCUT2D eigenvalue weighted by Gasteiger charge is -2.44. The lowest BCUT2D eigenvalue weighted by Crippen LogP contribution is -2.63. The molecule has 0 amide bonds. The van der Waals surface area contributed by atoms with E-state index in [4.69, 9.17) is 49.3 Å². The van der Waals surface area contributed by atoms with Gasteiger partial charge in [-0.15, -0.1) is 23.2 Å². The first-order chi connectivity index (χ1) is 11.3. The summed E-state index contributed by atoms with van der Waals surface area (Å²) in [5.74, 6) is -2.53. The van der Waals surface area contributed by atoms with Crippen LogP contribution in [0.4, 0.5) is 0 Å². The predicted octanol–water partition coefficient (Wildman–Crippen LogP) is -1.72. The average molecular weight is 414 g/mol. The number of hydrogen-bond acceptors (Lipinski definition) is 9. The van der Waals surface area contributed by atoms with Crippen LogP contribution in [0.1, 0.15) is 0 Å². The van der Waals surface area contributed by atoms with Crippen molar-refractivity contribution in [1.29, 1.82) is 0 Å². The summed E-state index contributed by atoms with van der Waals surface area (Å²) in [6.07, 6.45) is -11.0. The van der Waals surface area contributed by atoms with Gasteiger partial charge in [0.25, 0.3) is 0 Å². The molecule has 2 aliphatic rings. The fraction of sp³-hybridized carbons (Fsp3) is 1.00. The maximum atomic E-state index is 10.3. The standard InChI is InChI=1S/C12H19Cl3O9/c13-1-4-6(17)10(19)12(3-14,22-4)23-9-7(18)8(24-15)5(2-16)21-11(9)20/h4-11,16-20H,1-3H2/t4-,5-,6-,7+,8+,9-,10+,11+,12+/m1/s1. The topological polar surface area (TPSA) is 138 Å². The van der Waals surface area contributed by atoms with Crippen molar-refractivity contribution < 1.29 is 44.0 Å². The summed E-state index contributed by atoms with van der Waals surface area (Å²) < 4.78 is 20.5. The van der Waals surface area contributed by atoms with Crippen molar-refractivity contribution in [2.45, 2.75) is 54.8 Å². The molecular weight excluding hydrogens is 394 g/mol. The molecule has 24 heavy (non-hydrogen) atoms. The van der Waals surface area contributed by atoms with Gasteiger partial charge >= 0.3 is 0 Å². The van der Waals surface area contributed by atoms with Crippen LogP contribution in [-0.4, -0.2) is 98.7 Å². The number of halogens is 3. The number of alkyl halides is 2. The third-order valence-electron chi connectivity index (χ3n) is 4.10. The molecule has 0 aromatic heterocycles. The number of rotatable bonds is 6. The lowest BCUT2D eigenvalue weighted by atomic mass is 9.98. The lowest BCUT2D eigenvalue weighted by molar-refractivity contribution is -0.351. The number of aliphatic hydroxyl groups is 5. The highest BCUT2D eigenvalue weighted by molar-refractivity contribution is 6.19. The Hall–Kier alpha value is 0.510. The highest BCUT2D eigenvalue weighted by Crippen LogP contribution is 2.38. The van der Waals surface area contributed by atoms with Crippen molar-refractivity contribution in [1.82, 2.24) is 0 Å². The monoisotopic (exact) mass is 412 g/mol. The maximum absolute atomic E-state index is 10.3. The SMILES string of the molecule is OC[C@H]1O[C@H](O)[C@H](O[C@]2(CCl)O[C@H](CCl)[C@@H](O)[C@@H]2O)[C@@H](O)[C@H]1OCl. The summed E-state index contributed by atoms with van der Waals surface area (Å²) in [4.78, 5) is 0. The Balaban J connectivity index is 2.21. The van der Waals surface area contributed by atoms with E-state index in [2.05, 4.69) is 4.29 Å². The fourth-order valence-electron chi connectivity index (χ4n) is 2.75. The molecule has 0 radical (unpaired) electrons. The zero-order chi connectivity index (χ0) is 18.1. The summed E-state index contributed by atoms with van der Waals surface area (Å²) in [7, 11) is 0. The van der Waals surface area contributed by atoms with Crippen LogP contribution in [0.5, 0.6) is 0 Å². The summed E-state index contributed by atoms with van der Waals surface area (Å²) >= 11 is 16.8. The Labute approximate surface area is 152 Å². The number of hydrogen-bond donors (Lipinski definition) is 5. The van der Waals surface area contributed by atoms with Crippen molar-refractivity contribution in [2.75, 3.05) is 18.4 Å². The maximum Gasteiger partial charge on any atom is 0.212 e. The molecule has 0 aromatic rings. The summed E-state index contributed by atoms with van der Waals surface area (Å²) in [5.41, 5.74) is 0. The van der Waals surface area contributed by atoms with Gasteiger partial charge in [0.1, 0.15) is 42.7 Å². The van der Waals surface area contributed by atoms with Crippen LogP contribution in [0, 0.1) is 0 Å². The molecule has 12 heteroatoms. The van der Waals surface area contributed by atoms with E-state index in [1.807, 2.05) is 0 Å². The zero-order valence-electron chi connectivity index (χ0n) is 12.2. The van der Waals surface area contributed by atoms with Gasteiger partial charge in [-0.3, -0.25) is 4.29 Å². The second-order valence-electron chi connectivity index (χ2n) is 5.57. The smallest absolute Gasteiger partial charge is 0.212 e. The van der Waals surface area contributed by atoms with Crippen molar-refractivity contribution >= 4 is 35.1 Å². The highest BCUT2D eigenvalue weighted by atomic mass is 35.5. The van der Waals surface area contributed by atoms with Crippen LogP contribution in [0.25, 0.3) is 0 Å². The summed E-state index contributed by atoms with van der Waals surface area (Å²) in [6.45, 7) is -0.578. The van der Waals surface area contributed by atoms with Gasteiger partial charge in [-0.05, 0) is 0 Å². The molecule has 5 N–H and O–H groups in total. The van der Waals surface area contributed by atoms with Gasteiger partial charge in [0.2, 0.25) is 5.79 Å². The normalized spacial score (nSPS) is 49.5. The van der Waals surface area contributed by atoms with Crippen LogP contribution in [0.15, 0.2) is 0 Å². The van der Waals surface area contributed by atoms with Gasteiger partial charge in [-0.25, -0.2) is 0 Å². The molecule has 0 aliphatic carbocycles. The van der Waals surface area contributed by atoms with E-state index in [0.717, 1.165) is 0 Å². The molecule has 0 spiro atoms. The number of ether oxygens (including phenoxy) is 3. The van der Waals surface area contributed by atoms with E-state index >= 15 is 0 Å². The second-order valence-corrected chi connectivity index (χ2v) is 6.32. The Bertz CT molecular complexity index is 419. The third kappa shape index (κ3) is 3.64. The summed E-state index contributed by atoms with van der Waals surface area (Å²) in [6, 6.07) is 0. The van der Waals surface area contributed by atoms with Crippen LogP contribution < -0.4 is 0 Å². The molecule has 2 saturated heterocycles. The van der Waals surface area contributed by atoms with Crippen LogP contribution >= 0.6 is 35.1 Å². The number of aliphatic hydroxyl groups excluding tert-OH is 5. The van der Waals surface area contributed by atoms with E-state index in [0.29, 0.717) is 0 Å². The quantitative estimate of drug-likeness (QED) is 0.322. The minimum atomic E-state index is -1.95. The van der Waals surface area contributed by atoms with E-state index < -0.39 is 67.3 Å². The molecule has 9 nitrogen and oxygen atoms in total. The largest absolute Gasteiger partial charge is 0.394 e. The molecule has 0 unspecified atom stereocenters. The molecule has 0 saturated carbocycles. The molecule has 2 aliphatic heterocycles. The van der Waals surface area contributed by atoms with Gasteiger partial charge in [0.15, 0.2) is 6.29 Å². The Kier molecular flexibility index (Phi) is 7.34. The average Bonchev–Trinajstić information content (AvgIpc) is 2.83. The van der Waals surface area contributed by atoms with Crippen molar-refractivity contribution in [3.05, 3.63) is 0 Å². The minimum Gasteiger partial charge on any atom is -0.394 e. The molecule has 9 atom stereocenters. The highest BCUT2D eigenvalue weighted by Gasteiger charge is 2.58. The molecule has 0 aromatic carbocycles. The molecule has 2 rings (SSSR count). The Morgan fingerprint density at radius 3 is 2.12 bits per heavy atom. The Morgan fingerprint density at radius 2 is 1.67 bits per heavy atom.